The van der Waals surface area contributed by atoms with Crippen LogP contribution in [0.2, 0.25) is 5.02 Å². The number of ether oxygens (including phenoxy) is 5. The number of amides is 1. The zero-order valence-corrected chi connectivity index (χ0v) is 27.3. The Bertz CT molecular complexity index is 2040. The molecule has 1 amide bonds. The summed E-state index contributed by atoms with van der Waals surface area (Å²) >= 11 is 6.41. The van der Waals surface area contributed by atoms with Gasteiger partial charge in [-0.2, -0.15) is 18.3 Å². The maximum Gasteiger partial charge on any atom is 0.418 e. The smallest absolute Gasteiger partial charge is 0.418 e. The minimum absolute atomic E-state index is 0.102. The number of carbonyl (C=O) groups is 2. The highest BCUT2D eigenvalue weighted by molar-refractivity contribution is 6.34. The normalized spacial score (nSPS) is 11.4. The highest BCUT2D eigenvalue weighted by atomic mass is 35.5. The SMILES string of the molecule is CCOc1cc(C=NNC(=O)c2[nH]c3c(C(F)(F)F)cccc3c2-c2ccccc2Cl)ccc1OC(=O)c1cc(OC)c(OC)c(OC)c1. The van der Waals surface area contributed by atoms with Gasteiger partial charge in [0.2, 0.25) is 5.75 Å². The number of fused-ring (bicyclic) bond motifs is 1. The predicted octanol–water partition coefficient (Wildman–Crippen LogP) is 7.91. The quantitative estimate of drug-likeness (QED) is 0.0624. The van der Waals surface area contributed by atoms with Gasteiger partial charge in [0.05, 0.1) is 50.8 Å². The lowest BCUT2D eigenvalue weighted by atomic mass is 10.00. The molecule has 5 aromatic rings. The third-order valence-corrected chi connectivity index (χ3v) is 7.59. The Morgan fingerprint density at radius 3 is 2.24 bits per heavy atom. The molecule has 0 aliphatic heterocycles. The van der Waals surface area contributed by atoms with Gasteiger partial charge in [-0.3, -0.25) is 4.79 Å². The molecule has 0 bridgehead atoms. The first-order valence-electron chi connectivity index (χ1n) is 14.6. The van der Waals surface area contributed by atoms with Gasteiger partial charge in [-0.1, -0.05) is 41.9 Å². The van der Waals surface area contributed by atoms with E-state index in [-0.39, 0.29) is 62.4 Å². The maximum atomic E-state index is 13.9. The van der Waals surface area contributed by atoms with Crippen LogP contribution in [0.1, 0.15) is 38.9 Å². The summed E-state index contributed by atoms with van der Waals surface area (Å²) in [6.45, 7) is 1.98. The number of esters is 1. The van der Waals surface area contributed by atoms with Gasteiger partial charge in [0.15, 0.2) is 23.0 Å². The van der Waals surface area contributed by atoms with Crippen molar-refractivity contribution in [2.45, 2.75) is 13.1 Å². The van der Waals surface area contributed by atoms with Crippen LogP contribution in [0.15, 0.2) is 77.9 Å². The number of alkyl halides is 3. The summed E-state index contributed by atoms with van der Waals surface area (Å²) in [5.41, 5.74) is 2.12. The van der Waals surface area contributed by atoms with Crippen molar-refractivity contribution in [1.82, 2.24) is 10.4 Å². The molecule has 49 heavy (non-hydrogen) atoms. The molecule has 0 aliphatic rings. The zero-order chi connectivity index (χ0) is 35.3. The lowest BCUT2D eigenvalue weighted by Gasteiger charge is -2.15. The molecule has 0 saturated heterocycles. The number of hydrazone groups is 1. The van der Waals surface area contributed by atoms with Crippen molar-refractivity contribution in [1.29, 1.82) is 0 Å². The number of aromatic nitrogens is 1. The number of nitrogens with zero attached hydrogens (tertiary/aromatic N) is 1. The topological polar surface area (TPSA) is 120 Å². The molecule has 1 heterocycles. The van der Waals surface area contributed by atoms with Crippen LogP contribution in [-0.2, 0) is 6.18 Å². The van der Waals surface area contributed by atoms with Crippen molar-refractivity contribution < 1.29 is 46.4 Å². The van der Waals surface area contributed by atoms with Gasteiger partial charge in [-0.15, -0.1) is 0 Å². The molecular formula is C35H29ClF3N3O7. The third-order valence-electron chi connectivity index (χ3n) is 7.26. The minimum atomic E-state index is -4.68. The Labute approximate surface area is 283 Å². The molecule has 0 unspecified atom stereocenters. The first-order chi connectivity index (χ1) is 23.5. The molecule has 0 fully saturated rings. The number of H-pyrrole nitrogens is 1. The maximum absolute atomic E-state index is 13.9. The fourth-order valence-corrected chi connectivity index (χ4v) is 5.33. The van der Waals surface area contributed by atoms with Crippen LogP contribution in [0, 0.1) is 0 Å². The van der Waals surface area contributed by atoms with Crippen molar-refractivity contribution >= 4 is 40.6 Å². The molecule has 1 aromatic heterocycles. The second-order valence-electron chi connectivity index (χ2n) is 10.2. The minimum Gasteiger partial charge on any atom is -0.493 e. The van der Waals surface area contributed by atoms with Gasteiger partial charge in [0.25, 0.3) is 5.91 Å². The number of halogens is 4. The van der Waals surface area contributed by atoms with E-state index < -0.39 is 23.6 Å². The standard InChI is InChI=1S/C35H29ClF3N3O7/c1-5-48-26-15-19(13-14-25(26)49-34(44)20-16-27(45-2)32(47-4)28(17-20)46-3)18-40-42-33(43)31-29(21-9-6-7-12-24(21)36)22-10-8-11-23(30(22)41-31)35(37,38)39/h6-18,41H,5H2,1-4H3,(H,42,43). The van der Waals surface area contributed by atoms with E-state index >= 15 is 0 Å². The Balaban J connectivity index is 1.41. The van der Waals surface area contributed by atoms with Crippen LogP contribution < -0.4 is 29.1 Å². The molecule has 0 atom stereocenters. The fourth-order valence-electron chi connectivity index (χ4n) is 5.10. The molecule has 10 nitrogen and oxygen atoms in total. The van der Waals surface area contributed by atoms with E-state index in [2.05, 4.69) is 15.5 Å². The molecule has 14 heteroatoms. The van der Waals surface area contributed by atoms with E-state index in [4.69, 9.17) is 35.3 Å². The van der Waals surface area contributed by atoms with Gasteiger partial charge >= 0.3 is 12.1 Å². The third kappa shape index (κ3) is 7.26. The summed E-state index contributed by atoms with van der Waals surface area (Å²) in [7, 11) is 4.28. The van der Waals surface area contributed by atoms with Gasteiger partial charge in [-0.05, 0) is 55.0 Å². The number of methoxy groups -OCH3 is 3. The summed E-state index contributed by atoms with van der Waals surface area (Å²) < 4.78 is 68.8. The van der Waals surface area contributed by atoms with Crippen LogP contribution in [0.5, 0.6) is 28.7 Å². The number of carbonyl (C=O) groups excluding carboxylic acids is 2. The average Bonchev–Trinajstić information content (AvgIpc) is 3.48. The first kappa shape index (κ1) is 34.6. The molecule has 5 rings (SSSR count). The Morgan fingerprint density at radius 2 is 1.61 bits per heavy atom. The second kappa shape index (κ2) is 14.6. The largest absolute Gasteiger partial charge is 0.493 e. The van der Waals surface area contributed by atoms with Crippen molar-refractivity contribution in [3.8, 4) is 39.9 Å². The van der Waals surface area contributed by atoms with E-state index in [0.29, 0.717) is 16.9 Å². The van der Waals surface area contributed by atoms with Crippen molar-refractivity contribution in [2.24, 2.45) is 5.10 Å². The molecule has 2 N–H and O–H groups in total. The Morgan fingerprint density at radius 1 is 0.898 bits per heavy atom. The number of rotatable bonds is 11. The van der Waals surface area contributed by atoms with Crippen LogP contribution >= 0.6 is 11.6 Å². The zero-order valence-electron chi connectivity index (χ0n) is 26.5. The predicted molar refractivity (Wildman–Crippen MR) is 177 cm³/mol. The van der Waals surface area contributed by atoms with Crippen LogP contribution in [0.3, 0.4) is 0 Å². The van der Waals surface area contributed by atoms with Crippen molar-refractivity contribution in [2.75, 3.05) is 27.9 Å². The number of benzene rings is 4. The number of aromatic amines is 1. The number of para-hydroxylation sites is 1. The van der Waals surface area contributed by atoms with Crippen LogP contribution in [-0.4, -0.2) is 51.0 Å². The summed E-state index contributed by atoms with van der Waals surface area (Å²) in [4.78, 5) is 29.1. The van der Waals surface area contributed by atoms with Crippen molar-refractivity contribution in [3.63, 3.8) is 0 Å². The lowest BCUT2D eigenvalue weighted by Crippen LogP contribution is -2.19. The molecular weight excluding hydrogens is 667 g/mol. The highest BCUT2D eigenvalue weighted by Crippen LogP contribution is 2.42. The summed E-state index contributed by atoms with van der Waals surface area (Å²) in [6, 6.07) is 17.6. The number of hydrogen-bond donors (Lipinski definition) is 2. The van der Waals surface area contributed by atoms with Gasteiger partial charge in [-0.25, -0.2) is 10.2 Å². The van der Waals surface area contributed by atoms with Crippen LogP contribution in [0.4, 0.5) is 13.2 Å². The first-order valence-corrected chi connectivity index (χ1v) is 15.0. The average molecular weight is 696 g/mol. The van der Waals surface area contributed by atoms with E-state index in [1.165, 1.54) is 63.9 Å². The van der Waals surface area contributed by atoms with Crippen LogP contribution in [0.25, 0.3) is 22.0 Å². The van der Waals surface area contributed by atoms with E-state index in [9.17, 15) is 22.8 Å². The lowest BCUT2D eigenvalue weighted by molar-refractivity contribution is -0.136. The summed E-state index contributed by atoms with van der Waals surface area (Å²) in [5.74, 6) is -0.395. The Kier molecular flexibility index (Phi) is 10.3. The van der Waals surface area contributed by atoms with Gasteiger partial charge < -0.3 is 28.7 Å². The highest BCUT2D eigenvalue weighted by Gasteiger charge is 2.35. The van der Waals surface area contributed by atoms with Gasteiger partial charge in [0, 0.05) is 21.5 Å². The monoisotopic (exact) mass is 695 g/mol. The van der Waals surface area contributed by atoms with Crippen molar-refractivity contribution in [3.05, 3.63) is 100 Å². The fraction of sp³-hybridized carbons (Fsp3) is 0.171. The molecule has 254 valence electrons. The molecule has 0 radical (unpaired) electrons. The number of hydrogen-bond acceptors (Lipinski definition) is 8. The van der Waals surface area contributed by atoms with E-state index in [0.717, 1.165) is 6.07 Å². The van der Waals surface area contributed by atoms with Gasteiger partial charge in [0.1, 0.15) is 5.69 Å². The molecule has 0 saturated carbocycles. The molecule has 4 aromatic carbocycles. The molecule has 0 spiro atoms. The van der Waals surface area contributed by atoms with E-state index in [1.807, 2.05) is 0 Å². The number of nitrogens with one attached hydrogen (secondary N) is 2. The Hall–Kier alpha value is -5.69. The second-order valence-corrected chi connectivity index (χ2v) is 10.6. The van der Waals surface area contributed by atoms with E-state index in [1.54, 1.807) is 37.3 Å². The molecule has 0 aliphatic carbocycles. The summed E-state index contributed by atoms with van der Waals surface area (Å²) in [5, 5.41) is 4.41. The summed E-state index contributed by atoms with van der Waals surface area (Å²) in [6.07, 6.45) is -3.38.